The quantitative estimate of drug-likeness (QED) is 0.301. The molecule has 0 aliphatic heterocycles. The Morgan fingerprint density at radius 3 is 2.85 bits per heavy atom. The van der Waals surface area contributed by atoms with Crippen molar-refractivity contribution in [1.82, 2.24) is 0 Å². The Bertz CT molecular complexity index is 362. The van der Waals surface area contributed by atoms with Crippen LogP contribution in [0.5, 0.6) is 5.75 Å². The van der Waals surface area contributed by atoms with Gasteiger partial charge in [0.15, 0.2) is 0 Å². The highest BCUT2D eigenvalue weighted by Gasteiger charge is 2.08. The Kier molecular flexibility index (Phi) is 2.44. The van der Waals surface area contributed by atoms with Gasteiger partial charge in [-0.2, -0.15) is 5.10 Å². The molecule has 13 heavy (non-hydrogen) atoms. The lowest BCUT2D eigenvalue weighted by Crippen LogP contribution is -1.91. The molecule has 6 heteroatoms. The van der Waals surface area contributed by atoms with Gasteiger partial charge in [0.2, 0.25) is 0 Å². The standard InChI is InChI=1S/C7H7N3O3/c8-9-4-5-3-6(10(12)13)1-2-7(5)11/h1-4,11H,8H2. The third-order valence-corrected chi connectivity index (χ3v) is 1.44. The van der Waals surface area contributed by atoms with Gasteiger partial charge in [-0.1, -0.05) is 0 Å². The number of nitro groups is 1. The zero-order valence-corrected chi connectivity index (χ0v) is 6.54. The second-order valence-electron chi connectivity index (χ2n) is 2.28. The van der Waals surface area contributed by atoms with Crippen LogP contribution in [0.1, 0.15) is 5.56 Å². The number of phenolic OH excluding ortho intramolecular Hbond substituents is 1. The number of non-ortho nitro benzene ring substituents is 1. The second kappa shape index (κ2) is 3.53. The molecule has 1 aromatic carbocycles. The highest BCUT2D eigenvalue weighted by Crippen LogP contribution is 2.20. The van der Waals surface area contributed by atoms with Gasteiger partial charge in [0.25, 0.3) is 5.69 Å². The molecule has 0 radical (unpaired) electrons. The fourth-order valence-corrected chi connectivity index (χ4v) is 0.839. The molecular formula is C7H7N3O3. The molecule has 0 atom stereocenters. The number of aromatic hydroxyl groups is 1. The fourth-order valence-electron chi connectivity index (χ4n) is 0.839. The predicted octanol–water partition coefficient (Wildman–Crippen LogP) is 0.593. The Hall–Kier alpha value is -2.11. The van der Waals surface area contributed by atoms with Gasteiger partial charge in [0.1, 0.15) is 5.75 Å². The van der Waals surface area contributed by atoms with Gasteiger partial charge < -0.3 is 10.9 Å². The maximum absolute atomic E-state index is 10.3. The molecule has 0 saturated carbocycles. The molecule has 0 unspecified atom stereocenters. The minimum atomic E-state index is -0.562. The molecule has 0 heterocycles. The first-order valence-corrected chi connectivity index (χ1v) is 3.36. The molecule has 0 bridgehead atoms. The van der Waals surface area contributed by atoms with Gasteiger partial charge in [-0.05, 0) is 6.07 Å². The molecule has 1 rings (SSSR count). The molecule has 0 saturated heterocycles. The number of nitro benzene ring substituents is 1. The van der Waals surface area contributed by atoms with E-state index in [1.807, 2.05) is 0 Å². The van der Waals surface area contributed by atoms with Crippen LogP contribution in [0.15, 0.2) is 23.3 Å². The normalized spacial score (nSPS) is 10.5. The SMILES string of the molecule is NN=Cc1cc([N+](=O)[O-])ccc1O. The van der Waals surface area contributed by atoms with E-state index in [0.29, 0.717) is 0 Å². The minimum Gasteiger partial charge on any atom is -0.507 e. The minimum absolute atomic E-state index is 0.0974. The zero-order valence-electron chi connectivity index (χ0n) is 6.54. The lowest BCUT2D eigenvalue weighted by atomic mass is 10.2. The Morgan fingerprint density at radius 2 is 2.31 bits per heavy atom. The highest BCUT2D eigenvalue weighted by molar-refractivity contribution is 5.84. The number of nitrogens with two attached hydrogens (primary N) is 1. The van der Waals surface area contributed by atoms with Gasteiger partial charge >= 0.3 is 0 Å². The molecule has 0 amide bonds. The van der Waals surface area contributed by atoms with Crippen LogP contribution in [0.3, 0.4) is 0 Å². The molecule has 0 spiro atoms. The first-order chi connectivity index (χ1) is 6.15. The van der Waals surface area contributed by atoms with Gasteiger partial charge in [-0.25, -0.2) is 0 Å². The molecular weight excluding hydrogens is 174 g/mol. The summed E-state index contributed by atoms with van der Waals surface area (Å²) in [6.45, 7) is 0. The number of hydrazone groups is 1. The Labute approximate surface area is 73.4 Å². The summed E-state index contributed by atoms with van der Waals surface area (Å²) in [5.41, 5.74) is 0.101. The first-order valence-electron chi connectivity index (χ1n) is 3.36. The van der Waals surface area contributed by atoms with E-state index in [2.05, 4.69) is 5.10 Å². The third-order valence-electron chi connectivity index (χ3n) is 1.44. The molecule has 3 N–H and O–H groups in total. The van der Waals surface area contributed by atoms with E-state index >= 15 is 0 Å². The number of phenols is 1. The van der Waals surface area contributed by atoms with Crippen molar-refractivity contribution in [3.05, 3.63) is 33.9 Å². The molecule has 1 aromatic rings. The molecule has 6 nitrogen and oxygen atoms in total. The highest BCUT2D eigenvalue weighted by atomic mass is 16.6. The topological polar surface area (TPSA) is 102 Å². The van der Waals surface area contributed by atoms with Crippen molar-refractivity contribution in [2.45, 2.75) is 0 Å². The van der Waals surface area contributed by atoms with Crippen LogP contribution < -0.4 is 5.84 Å². The summed E-state index contributed by atoms with van der Waals surface area (Å²) in [5.74, 6) is 4.75. The summed E-state index contributed by atoms with van der Waals surface area (Å²) in [6.07, 6.45) is 1.14. The predicted molar refractivity (Wildman–Crippen MR) is 46.5 cm³/mol. The monoisotopic (exact) mass is 181 g/mol. The van der Waals surface area contributed by atoms with E-state index in [9.17, 15) is 15.2 Å². The molecule has 0 aromatic heterocycles. The average molecular weight is 181 g/mol. The number of benzene rings is 1. The van der Waals surface area contributed by atoms with E-state index < -0.39 is 4.92 Å². The summed E-state index contributed by atoms with van der Waals surface area (Å²) >= 11 is 0. The number of hydrogen-bond acceptors (Lipinski definition) is 5. The summed E-state index contributed by atoms with van der Waals surface area (Å²) in [5, 5.41) is 22.7. The fraction of sp³-hybridized carbons (Fsp3) is 0. The van der Waals surface area contributed by atoms with Crippen molar-refractivity contribution in [3.63, 3.8) is 0 Å². The third kappa shape index (κ3) is 1.92. The van der Waals surface area contributed by atoms with Crippen LogP contribution in [0, 0.1) is 10.1 Å². The number of hydrogen-bond donors (Lipinski definition) is 2. The van der Waals surface area contributed by atoms with Crippen LogP contribution in [0.4, 0.5) is 5.69 Å². The molecule has 0 fully saturated rings. The molecule has 0 aliphatic carbocycles. The summed E-state index contributed by atoms with van der Waals surface area (Å²) in [6, 6.07) is 3.60. The Balaban J connectivity index is 3.18. The maximum atomic E-state index is 10.3. The van der Waals surface area contributed by atoms with Crippen LogP contribution in [-0.2, 0) is 0 Å². The van der Waals surface area contributed by atoms with Gasteiger partial charge in [0.05, 0.1) is 11.1 Å². The molecule has 0 aliphatic rings. The first kappa shape index (κ1) is 8.98. The summed E-state index contributed by atoms with van der Waals surface area (Å²) in [7, 11) is 0. The van der Waals surface area contributed by atoms with Gasteiger partial charge in [-0.15, -0.1) is 0 Å². The van der Waals surface area contributed by atoms with Crippen molar-refractivity contribution in [2.24, 2.45) is 10.9 Å². The van der Waals surface area contributed by atoms with Crippen molar-refractivity contribution < 1.29 is 10.0 Å². The maximum Gasteiger partial charge on any atom is 0.270 e. The largest absolute Gasteiger partial charge is 0.507 e. The van der Waals surface area contributed by atoms with E-state index in [4.69, 9.17) is 5.84 Å². The van der Waals surface area contributed by atoms with Crippen LogP contribution in [0.25, 0.3) is 0 Å². The summed E-state index contributed by atoms with van der Waals surface area (Å²) in [4.78, 5) is 9.75. The van der Waals surface area contributed by atoms with E-state index in [0.717, 1.165) is 6.21 Å². The average Bonchev–Trinajstić information content (AvgIpc) is 2.08. The Morgan fingerprint density at radius 1 is 1.62 bits per heavy atom. The van der Waals surface area contributed by atoms with E-state index in [1.54, 1.807) is 0 Å². The number of rotatable bonds is 2. The lowest BCUT2D eigenvalue weighted by molar-refractivity contribution is -0.384. The van der Waals surface area contributed by atoms with Crippen molar-refractivity contribution in [2.75, 3.05) is 0 Å². The van der Waals surface area contributed by atoms with Crippen molar-refractivity contribution >= 4 is 11.9 Å². The van der Waals surface area contributed by atoms with Crippen molar-refractivity contribution in [1.29, 1.82) is 0 Å². The second-order valence-corrected chi connectivity index (χ2v) is 2.28. The van der Waals surface area contributed by atoms with Crippen LogP contribution in [0.2, 0.25) is 0 Å². The van der Waals surface area contributed by atoms with Crippen LogP contribution >= 0.6 is 0 Å². The van der Waals surface area contributed by atoms with Crippen LogP contribution in [-0.4, -0.2) is 16.2 Å². The zero-order chi connectivity index (χ0) is 9.84. The van der Waals surface area contributed by atoms with E-state index in [-0.39, 0.29) is 17.0 Å². The van der Waals surface area contributed by atoms with Gasteiger partial charge in [0, 0.05) is 17.7 Å². The smallest absolute Gasteiger partial charge is 0.270 e. The van der Waals surface area contributed by atoms with Crippen molar-refractivity contribution in [3.8, 4) is 5.75 Å². The van der Waals surface area contributed by atoms with Gasteiger partial charge in [-0.3, -0.25) is 10.1 Å². The summed E-state index contributed by atoms with van der Waals surface area (Å²) < 4.78 is 0. The lowest BCUT2D eigenvalue weighted by Gasteiger charge is -1.96. The van der Waals surface area contributed by atoms with E-state index in [1.165, 1.54) is 18.2 Å². The molecule has 68 valence electrons. The number of nitrogens with zero attached hydrogens (tertiary/aromatic N) is 2.